The van der Waals surface area contributed by atoms with Crippen molar-refractivity contribution >= 4 is 11.6 Å². The molecular formula is C20H22N2O4. The van der Waals surface area contributed by atoms with Gasteiger partial charge in [0.1, 0.15) is 5.75 Å². The van der Waals surface area contributed by atoms with Crippen LogP contribution in [0, 0.1) is 0 Å². The normalized spacial score (nSPS) is 12.1. The van der Waals surface area contributed by atoms with Crippen LogP contribution in [0.15, 0.2) is 55.1 Å². The second kappa shape index (κ2) is 8.40. The van der Waals surface area contributed by atoms with Crippen LogP contribution in [0.4, 0.5) is 5.69 Å². The van der Waals surface area contributed by atoms with Crippen LogP contribution in [0.5, 0.6) is 17.2 Å². The summed E-state index contributed by atoms with van der Waals surface area (Å²) in [6, 6.07) is 13.2. The van der Waals surface area contributed by atoms with Gasteiger partial charge in [-0.2, -0.15) is 0 Å². The van der Waals surface area contributed by atoms with Crippen LogP contribution < -0.4 is 19.5 Å². The molecule has 1 N–H and O–H groups in total. The lowest BCUT2D eigenvalue weighted by molar-refractivity contribution is -0.117. The van der Waals surface area contributed by atoms with Crippen molar-refractivity contribution in [2.75, 3.05) is 32.3 Å². The molecule has 0 spiro atoms. The van der Waals surface area contributed by atoms with Crippen LogP contribution in [0.3, 0.4) is 0 Å². The van der Waals surface area contributed by atoms with E-state index in [-0.39, 0.29) is 19.2 Å². The lowest BCUT2D eigenvalue weighted by atomic mass is 10.2. The number of hydrogen-bond donors (Lipinski definition) is 1. The van der Waals surface area contributed by atoms with Crippen molar-refractivity contribution in [3.63, 3.8) is 0 Å². The molecule has 26 heavy (non-hydrogen) atoms. The fourth-order valence-corrected chi connectivity index (χ4v) is 2.73. The molecule has 0 unspecified atom stereocenters. The first-order chi connectivity index (χ1) is 12.7. The number of carbonyl (C=O) groups excluding carboxylic acids is 1. The van der Waals surface area contributed by atoms with Crippen LogP contribution >= 0.6 is 0 Å². The zero-order valence-electron chi connectivity index (χ0n) is 14.7. The average Bonchev–Trinajstić information content (AvgIpc) is 3.10. The van der Waals surface area contributed by atoms with E-state index in [0.717, 1.165) is 11.3 Å². The second-order valence-electron chi connectivity index (χ2n) is 5.92. The Balaban J connectivity index is 1.59. The maximum atomic E-state index is 12.4. The number of rotatable bonds is 8. The fraction of sp³-hybridized carbons (Fsp3) is 0.250. The summed E-state index contributed by atoms with van der Waals surface area (Å²) in [4.78, 5) is 14.4. The zero-order valence-corrected chi connectivity index (χ0v) is 14.7. The molecule has 2 aromatic carbocycles. The molecule has 0 bridgehead atoms. The Morgan fingerprint density at radius 1 is 1.23 bits per heavy atom. The minimum atomic E-state index is -0.0979. The number of anilines is 1. The molecule has 0 saturated carbocycles. The van der Waals surface area contributed by atoms with Crippen LogP contribution in [-0.2, 0) is 11.3 Å². The summed E-state index contributed by atoms with van der Waals surface area (Å²) in [5.41, 5.74) is 1.78. The molecular weight excluding hydrogens is 332 g/mol. The minimum absolute atomic E-state index is 0.0979. The van der Waals surface area contributed by atoms with Crippen LogP contribution in [0.25, 0.3) is 0 Å². The first-order valence-corrected chi connectivity index (χ1v) is 8.33. The number of amides is 1. The highest BCUT2D eigenvalue weighted by Gasteiger charge is 2.15. The van der Waals surface area contributed by atoms with E-state index in [2.05, 4.69) is 11.9 Å². The predicted octanol–water partition coefficient (Wildman–Crippen LogP) is 3.05. The molecule has 1 aliphatic heterocycles. The quantitative estimate of drug-likeness (QED) is 0.739. The maximum absolute atomic E-state index is 12.4. The Labute approximate surface area is 153 Å². The van der Waals surface area contributed by atoms with E-state index in [1.807, 2.05) is 29.2 Å². The van der Waals surface area contributed by atoms with Crippen molar-refractivity contribution in [2.45, 2.75) is 6.54 Å². The molecule has 136 valence electrons. The van der Waals surface area contributed by atoms with Crippen molar-refractivity contribution in [2.24, 2.45) is 0 Å². The SMILES string of the molecule is C=CCN(CC(=O)Nc1ccc2c(c1)OCO2)Cc1ccc(OC)cc1. The van der Waals surface area contributed by atoms with E-state index >= 15 is 0 Å². The van der Waals surface area contributed by atoms with Gasteiger partial charge in [-0.3, -0.25) is 9.69 Å². The molecule has 2 aromatic rings. The van der Waals surface area contributed by atoms with Crippen molar-refractivity contribution in [3.05, 3.63) is 60.7 Å². The van der Waals surface area contributed by atoms with E-state index in [1.165, 1.54) is 0 Å². The van der Waals surface area contributed by atoms with Gasteiger partial charge in [-0.1, -0.05) is 18.2 Å². The molecule has 0 radical (unpaired) electrons. The molecule has 0 aliphatic carbocycles. The third-order valence-corrected chi connectivity index (χ3v) is 3.98. The molecule has 6 nitrogen and oxygen atoms in total. The third kappa shape index (κ3) is 4.55. The Kier molecular flexibility index (Phi) is 5.76. The van der Waals surface area contributed by atoms with Gasteiger partial charge < -0.3 is 19.5 Å². The molecule has 0 fully saturated rings. The summed E-state index contributed by atoms with van der Waals surface area (Å²) in [6.45, 7) is 5.50. The van der Waals surface area contributed by atoms with Gasteiger partial charge in [0.15, 0.2) is 11.5 Å². The number of methoxy groups -OCH3 is 1. The highest BCUT2D eigenvalue weighted by atomic mass is 16.7. The molecule has 0 atom stereocenters. The van der Waals surface area contributed by atoms with Gasteiger partial charge in [-0.15, -0.1) is 6.58 Å². The predicted molar refractivity (Wildman–Crippen MR) is 99.7 cm³/mol. The van der Waals surface area contributed by atoms with E-state index in [1.54, 1.807) is 31.4 Å². The van der Waals surface area contributed by atoms with Crippen molar-refractivity contribution in [1.82, 2.24) is 4.90 Å². The standard InChI is InChI=1S/C20H22N2O4/c1-3-10-22(12-15-4-7-17(24-2)8-5-15)13-20(23)21-16-6-9-18-19(11-16)26-14-25-18/h3-9,11H,1,10,12-14H2,2H3,(H,21,23). The number of ether oxygens (including phenoxy) is 3. The van der Waals surface area contributed by atoms with Crippen molar-refractivity contribution in [3.8, 4) is 17.2 Å². The summed E-state index contributed by atoms with van der Waals surface area (Å²) >= 11 is 0. The number of carbonyl (C=O) groups is 1. The average molecular weight is 354 g/mol. The number of benzene rings is 2. The van der Waals surface area contributed by atoms with E-state index in [9.17, 15) is 4.79 Å². The molecule has 1 aliphatic rings. The van der Waals surface area contributed by atoms with Crippen molar-refractivity contribution < 1.29 is 19.0 Å². The van der Waals surface area contributed by atoms with Crippen LogP contribution in [0.2, 0.25) is 0 Å². The third-order valence-electron chi connectivity index (χ3n) is 3.98. The highest BCUT2D eigenvalue weighted by molar-refractivity contribution is 5.92. The molecule has 1 heterocycles. The number of nitrogens with one attached hydrogen (secondary N) is 1. The first-order valence-electron chi connectivity index (χ1n) is 8.33. The maximum Gasteiger partial charge on any atom is 0.238 e. The van der Waals surface area contributed by atoms with Gasteiger partial charge in [-0.25, -0.2) is 0 Å². The lowest BCUT2D eigenvalue weighted by Gasteiger charge is -2.20. The van der Waals surface area contributed by atoms with Crippen LogP contribution in [0.1, 0.15) is 5.56 Å². The topological polar surface area (TPSA) is 60.0 Å². The number of fused-ring (bicyclic) bond motifs is 1. The number of hydrogen-bond acceptors (Lipinski definition) is 5. The Bertz CT molecular complexity index is 774. The van der Waals surface area contributed by atoms with E-state index < -0.39 is 0 Å². The van der Waals surface area contributed by atoms with E-state index in [4.69, 9.17) is 14.2 Å². The van der Waals surface area contributed by atoms with Crippen LogP contribution in [-0.4, -0.2) is 37.8 Å². The smallest absolute Gasteiger partial charge is 0.238 e. The summed E-state index contributed by atoms with van der Waals surface area (Å²) in [7, 11) is 1.64. The zero-order chi connectivity index (χ0) is 18.4. The first kappa shape index (κ1) is 17.8. The Hall–Kier alpha value is -2.99. The lowest BCUT2D eigenvalue weighted by Crippen LogP contribution is -2.33. The molecule has 6 heteroatoms. The second-order valence-corrected chi connectivity index (χ2v) is 5.92. The highest BCUT2D eigenvalue weighted by Crippen LogP contribution is 2.34. The fourth-order valence-electron chi connectivity index (χ4n) is 2.73. The molecule has 1 amide bonds. The molecule has 0 aromatic heterocycles. The van der Waals surface area contributed by atoms with E-state index in [0.29, 0.717) is 30.3 Å². The monoisotopic (exact) mass is 354 g/mol. The van der Waals surface area contributed by atoms with Crippen molar-refractivity contribution in [1.29, 1.82) is 0 Å². The summed E-state index contributed by atoms with van der Waals surface area (Å²) < 4.78 is 15.8. The Morgan fingerprint density at radius 3 is 2.73 bits per heavy atom. The van der Waals surface area contributed by atoms with Gasteiger partial charge in [0.2, 0.25) is 12.7 Å². The molecule has 3 rings (SSSR count). The molecule has 0 saturated heterocycles. The Morgan fingerprint density at radius 2 is 2.00 bits per heavy atom. The van der Waals surface area contributed by atoms with Gasteiger partial charge in [0, 0.05) is 24.8 Å². The number of nitrogens with zero attached hydrogens (tertiary/aromatic N) is 1. The summed E-state index contributed by atoms with van der Waals surface area (Å²) in [6.07, 6.45) is 1.79. The largest absolute Gasteiger partial charge is 0.497 e. The van der Waals surface area contributed by atoms with Gasteiger partial charge in [0.25, 0.3) is 0 Å². The van der Waals surface area contributed by atoms with Gasteiger partial charge >= 0.3 is 0 Å². The summed E-state index contributed by atoms with van der Waals surface area (Å²) in [5, 5.41) is 2.89. The van der Waals surface area contributed by atoms with Gasteiger partial charge in [0.05, 0.1) is 13.7 Å². The van der Waals surface area contributed by atoms with Gasteiger partial charge in [-0.05, 0) is 29.8 Å². The summed E-state index contributed by atoms with van der Waals surface area (Å²) in [5.74, 6) is 2.04. The minimum Gasteiger partial charge on any atom is -0.497 e.